The minimum absolute atomic E-state index is 0.259. The second-order valence-corrected chi connectivity index (χ2v) is 5.98. The van der Waals surface area contributed by atoms with Gasteiger partial charge in [0.25, 0.3) is 0 Å². The maximum atomic E-state index is 10.5. The molecule has 0 unspecified atom stereocenters. The predicted molar refractivity (Wildman–Crippen MR) is 70.1 cm³/mol. The van der Waals surface area contributed by atoms with Gasteiger partial charge in [0, 0.05) is 19.5 Å². The fourth-order valence-electron chi connectivity index (χ4n) is 2.33. The van der Waals surface area contributed by atoms with Crippen molar-refractivity contribution in [1.29, 1.82) is 0 Å². The Hall–Kier alpha value is -1.47. The van der Waals surface area contributed by atoms with Crippen LogP contribution in [0.1, 0.15) is 32.5 Å². The first-order chi connectivity index (χ1) is 9.36. The van der Waals surface area contributed by atoms with Gasteiger partial charge in [0.05, 0.1) is 12.1 Å². The van der Waals surface area contributed by atoms with Crippen LogP contribution < -0.4 is 0 Å². The molecule has 0 bridgehead atoms. The second-order valence-electron chi connectivity index (χ2n) is 5.98. The zero-order chi connectivity index (χ0) is 14.8. The van der Waals surface area contributed by atoms with Gasteiger partial charge in [-0.3, -0.25) is 4.90 Å². The molecule has 0 radical (unpaired) electrons. The summed E-state index contributed by atoms with van der Waals surface area (Å²) < 4.78 is 10.5. The Labute approximate surface area is 117 Å². The molecule has 7 nitrogen and oxygen atoms in total. The van der Waals surface area contributed by atoms with E-state index in [1.54, 1.807) is 0 Å². The van der Waals surface area contributed by atoms with Gasteiger partial charge in [0.2, 0.25) is 5.89 Å². The zero-order valence-electron chi connectivity index (χ0n) is 12.1. The van der Waals surface area contributed by atoms with Gasteiger partial charge in [0.15, 0.2) is 5.82 Å². The number of hydrogen-bond acceptors (Lipinski definition) is 6. The monoisotopic (exact) mass is 283 g/mol. The van der Waals surface area contributed by atoms with E-state index < -0.39 is 5.97 Å². The summed E-state index contributed by atoms with van der Waals surface area (Å²) in [4.78, 5) is 16.9. The SMILES string of the molecule is CC(C)Cc1nc(CN2CC(C)(OCC(=O)O)C2)no1. The number of carboxylic acid groups (broad SMARTS) is 1. The van der Waals surface area contributed by atoms with E-state index in [1.807, 2.05) is 6.92 Å². The number of ether oxygens (including phenoxy) is 1. The van der Waals surface area contributed by atoms with Crippen molar-refractivity contribution in [2.24, 2.45) is 5.92 Å². The molecule has 1 fully saturated rings. The lowest BCUT2D eigenvalue weighted by Gasteiger charge is -2.46. The average Bonchev–Trinajstić information content (AvgIpc) is 2.71. The number of hydrogen-bond donors (Lipinski definition) is 1. The molecule has 0 aromatic carbocycles. The molecule has 0 atom stereocenters. The molecule has 1 aliphatic heterocycles. The van der Waals surface area contributed by atoms with Crippen molar-refractivity contribution < 1.29 is 19.2 Å². The number of aliphatic carboxylic acids is 1. The molecule has 1 saturated heterocycles. The van der Waals surface area contributed by atoms with Crippen molar-refractivity contribution in [2.45, 2.75) is 39.3 Å². The molecule has 7 heteroatoms. The maximum Gasteiger partial charge on any atom is 0.329 e. The fraction of sp³-hybridized carbons (Fsp3) is 0.769. The number of rotatable bonds is 7. The topological polar surface area (TPSA) is 88.7 Å². The van der Waals surface area contributed by atoms with Crippen LogP contribution in [0.15, 0.2) is 4.52 Å². The summed E-state index contributed by atoms with van der Waals surface area (Å²) in [5.74, 6) is 0.877. The van der Waals surface area contributed by atoms with Crippen molar-refractivity contribution in [3.8, 4) is 0 Å². The molecule has 112 valence electrons. The Bertz CT molecular complexity index is 466. The second kappa shape index (κ2) is 5.88. The quantitative estimate of drug-likeness (QED) is 0.796. The average molecular weight is 283 g/mol. The van der Waals surface area contributed by atoms with E-state index in [4.69, 9.17) is 14.4 Å². The van der Waals surface area contributed by atoms with E-state index >= 15 is 0 Å². The Morgan fingerprint density at radius 1 is 1.55 bits per heavy atom. The highest BCUT2D eigenvalue weighted by molar-refractivity contribution is 5.68. The summed E-state index contributed by atoms with van der Waals surface area (Å²) in [5, 5.41) is 12.6. The van der Waals surface area contributed by atoms with Gasteiger partial charge in [-0.25, -0.2) is 4.79 Å². The summed E-state index contributed by atoms with van der Waals surface area (Å²) in [5.41, 5.74) is -0.386. The first-order valence-electron chi connectivity index (χ1n) is 6.76. The first kappa shape index (κ1) is 14.9. The molecule has 0 saturated carbocycles. The van der Waals surface area contributed by atoms with Gasteiger partial charge < -0.3 is 14.4 Å². The Kier molecular flexibility index (Phi) is 4.39. The van der Waals surface area contributed by atoms with Gasteiger partial charge in [-0.15, -0.1) is 0 Å². The standard InChI is InChI=1S/C13H21N3O4/c1-9(2)4-11-14-10(15-20-11)5-16-7-13(3,8-16)19-6-12(17)18/h9H,4-8H2,1-3H3,(H,17,18). The van der Waals surface area contributed by atoms with Crippen LogP contribution in [0, 0.1) is 5.92 Å². The largest absolute Gasteiger partial charge is 0.480 e. The smallest absolute Gasteiger partial charge is 0.329 e. The molecular formula is C13H21N3O4. The lowest BCUT2D eigenvalue weighted by molar-refractivity contribution is -0.166. The minimum atomic E-state index is -0.943. The van der Waals surface area contributed by atoms with E-state index in [9.17, 15) is 4.79 Å². The zero-order valence-corrected chi connectivity index (χ0v) is 12.1. The molecule has 1 aromatic rings. The summed E-state index contributed by atoms with van der Waals surface area (Å²) in [6, 6.07) is 0. The first-order valence-corrected chi connectivity index (χ1v) is 6.76. The third kappa shape index (κ3) is 4.01. The van der Waals surface area contributed by atoms with E-state index in [0.717, 1.165) is 6.42 Å². The predicted octanol–water partition coefficient (Wildman–Crippen LogP) is 0.944. The third-order valence-corrected chi connectivity index (χ3v) is 3.12. The maximum absolute atomic E-state index is 10.5. The Morgan fingerprint density at radius 3 is 2.85 bits per heavy atom. The van der Waals surface area contributed by atoms with E-state index in [0.29, 0.717) is 37.3 Å². The number of nitrogens with zero attached hydrogens (tertiary/aromatic N) is 3. The van der Waals surface area contributed by atoms with E-state index in [-0.39, 0.29) is 12.2 Å². The Balaban J connectivity index is 1.76. The van der Waals surface area contributed by atoms with Crippen molar-refractivity contribution in [3.05, 3.63) is 11.7 Å². The highest BCUT2D eigenvalue weighted by atomic mass is 16.5. The van der Waals surface area contributed by atoms with E-state index in [2.05, 4.69) is 28.9 Å². The molecule has 2 rings (SSSR count). The summed E-state index contributed by atoms with van der Waals surface area (Å²) in [6.07, 6.45) is 0.784. The van der Waals surface area contributed by atoms with Crippen LogP contribution in [0.3, 0.4) is 0 Å². The van der Waals surface area contributed by atoms with Crippen LogP contribution in [0.4, 0.5) is 0 Å². The summed E-state index contributed by atoms with van der Waals surface area (Å²) >= 11 is 0. The highest BCUT2D eigenvalue weighted by Crippen LogP contribution is 2.25. The molecule has 0 aliphatic carbocycles. The van der Waals surface area contributed by atoms with Crippen LogP contribution in [0.5, 0.6) is 0 Å². The number of likely N-dealkylation sites (tertiary alicyclic amines) is 1. The highest BCUT2D eigenvalue weighted by Gasteiger charge is 2.40. The van der Waals surface area contributed by atoms with E-state index in [1.165, 1.54) is 0 Å². The Morgan fingerprint density at radius 2 is 2.25 bits per heavy atom. The molecule has 1 aromatic heterocycles. The van der Waals surface area contributed by atoms with Crippen molar-refractivity contribution >= 4 is 5.97 Å². The summed E-state index contributed by atoms with van der Waals surface area (Å²) in [7, 11) is 0. The van der Waals surface area contributed by atoms with Crippen LogP contribution in [-0.2, 0) is 22.5 Å². The van der Waals surface area contributed by atoms with Crippen LogP contribution in [0.2, 0.25) is 0 Å². The normalized spacial score (nSPS) is 18.2. The molecule has 0 amide bonds. The van der Waals surface area contributed by atoms with Gasteiger partial charge >= 0.3 is 5.97 Å². The lowest BCUT2D eigenvalue weighted by atomic mass is 9.96. The van der Waals surface area contributed by atoms with Crippen LogP contribution in [-0.4, -0.2) is 51.4 Å². The van der Waals surface area contributed by atoms with Crippen molar-refractivity contribution in [3.63, 3.8) is 0 Å². The molecule has 1 N–H and O–H groups in total. The van der Waals surface area contributed by atoms with Gasteiger partial charge in [0.1, 0.15) is 6.61 Å². The molecule has 2 heterocycles. The summed E-state index contributed by atoms with van der Waals surface area (Å²) in [6.45, 7) is 7.81. The fourth-order valence-corrected chi connectivity index (χ4v) is 2.33. The van der Waals surface area contributed by atoms with Crippen molar-refractivity contribution in [2.75, 3.05) is 19.7 Å². The third-order valence-electron chi connectivity index (χ3n) is 3.12. The van der Waals surface area contributed by atoms with Crippen molar-refractivity contribution in [1.82, 2.24) is 15.0 Å². The molecular weight excluding hydrogens is 262 g/mol. The molecule has 0 spiro atoms. The van der Waals surface area contributed by atoms with Gasteiger partial charge in [-0.2, -0.15) is 4.98 Å². The van der Waals surface area contributed by atoms with Gasteiger partial charge in [-0.1, -0.05) is 19.0 Å². The number of carboxylic acids is 1. The minimum Gasteiger partial charge on any atom is -0.480 e. The molecule has 20 heavy (non-hydrogen) atoms. The van der Waals surface area contributed by atoms with Crippen LogP contribution in [0.25, 0.3) is 0 Å². The van der Waals surface area contributed by atoms with Crippen LogP contribution >= 0.6 is 0 Å². The molecule has 1 aliphatic rings. The number of carbonyl (C=O) groups is 1. The van der Waals surface area contributed by atoms with Gasteiger partial charge in [-0.05, 0) is 12.8 Å². The number of aromatic nitrogens is 2. The lowest BCUT2D eigenvalue weighted by Crippen LogP contribution is -2.61.